The maximum atomic E-state index is 10.8. The van der Waals surface area contributed by atoms with E-state index in [0.717, 1.165) is 0 Å². The zero-order chi connectivity index (χ0) is 9.56. The molecule has 0 aliphatic carbocycles. The van der Waals surface area contributed by atoms with Crippen molar-refractivity contribution in [3.8, 4) is 0 Å². The maximum absolute atomic E-state index is 10.8. The molecule has 0 aromatic heterocycles. The zero-order valence-electron chi connectivity index (χ0n) is 7.16. The predicted molar refractivity (Wildman–Crippen MR) is 42.2 cm³/mol. The van der Waals surface area contributed by atoms with Crippen LogP contribution < -0.4 is 0 Å². The summed E-state index contributed by atoms with van der Waals surface area (Å²) in [7, 11) is 0. The first kappa shape index (κ1) is 10.8. The topological polar surface area (TPSA) is 55.8 Å². The van der Waals surface area contributed by atoms with E-state index in [-0.39, 0.29) is 13.2 Å². The van der Waals surface area contributed by atoms with Crippen LogP contribution in [-0.4, -0.2) is 24.3 Å². The molecule has 4 heteroatoms. The molecule has 0 bridgehead atoms. The van der Waals surface area contributed by atoms with Crippen LogP contribution >= 0.6 is 0 Å². The molecule has 68 valence electrons. The monoisotopic (exact) mass is 172 g/mol. The molecule has 1 N–H and O–H groups in total. The fourth-order valence-electron chi connectivity index (χ4n) is 0.511. The third-order valence-corrected chi connectivity index (χ3v) is 1.01. The Morgan fingerprint density at radius 1 is 1.33 bits per heavy atom. The molecule has 2 radical (unpaired) electrons. The van der Waals surface area contributed by atoms with E-state index in [1.165, 1.54) is 0 Å². The molecule has 0 aromatic carbocycles. The molecule has 0 spiro atoms. The lowest BCUT2D eigenvalue weighted by molar-refractivity contribution is -0.138. The van der Waals surface area contributed by atoms with E-state index in [4.69, 9.17) is 12.0 Å². The minimum absolute atomic E-state index is 0.207. The summed E-state index contributed by atoms with van der Waals surface area (Å²) in [6.45, 7) is 8.92. The van der Waals surface area contributed by atoms with Crippen molar-refractivity contribution in [3.05, 3.63) is 18.4 Å². The highest BCUT2D eigenvalue weighted by Gasteiger charge is 2.11. The van der Waals surface area contributed by atoms with Gasteiger partial charge in [-0.1, -0.05) is 0 Å². The lowest BCUT2D eigenvalue weighted by Crippen LogP contribution is -2.09. The van der Waals surface area contributed by atoms with Gasteiger partial charge in [0.05, 0.1) is 13.2 Å². The van der Waals surface area contributed by atoms with Crippen molar-refractivity contribution < 1.29 is 19.4 Å². The smallest absolute Gasteiger partial charge is 0.341 e. The number of ether oxygens (including phenoxy) is 2. The molecular weight excluding hydrogens is 160 g/mol. The largest absolute Gasteiger partial charge is 0.481 e. The number of carbonyl (C=O) groups excluding carboxylic acids is 1. The van der Waals surface area contributed by atoms with Crippen LogP contribution in [0.4, 0.5) is 0 Å². The Bertz CT molecular complexity index is 183. The summed E-state index contributed by atoms with van der Waals surface area (Å²) < 4.78 is 9.09. The molecule has 0 fully saturated rings. The third-order valence-electron chi connectivity index (χ3n) is 1.01. The maximum Gasteiger partial charge on any atom is 0.341 e. The van der Waals surface area contributed by atoms with Gasteiger partial charge < -0.3 is 14.6 Å². The van der Waals surface area contributed by atoms with Crippen LogP contribution in [0, 0.1) is 6.92 Å². The van der Waals surface area contributed by atoms with E-state index < -0.39 is 17.5 Å². The summed E-state index contributed by atoms with van der Waals surface area (Å²) in [6.07, 6.45) is 0. The highest BCUT2D eigenvalue weighted by Crippen LogP contribution is 2.03. The van der Waals surface area contributed by atoms with Crippen LogP contribution in [0.1, 0.15) is 13.8 Å². The Labute approximate surface area is 71.8 Å². The molecule has 0 aromatic rings. The van der Waals surface area contributed by atoms with Crippen molar-refractivity contribution in [2.45, 2.75) is 13.8 Å². The normalized spacial score (nSPS) is 11.9. The van der Waals surface area contributed by atoms with Gasteiger partial charge in [-0.2, -0.15) is 0 Å². The number of esters is 1. The number of hydrogen-bond acceptors (Lipinski definition) is 4. The van der Waals surface area contributed by atoms with E-state index in [1.54, 1.807) is 13.8 Å². The van der Waals surface area contributed by atoms with Gasteiger partial charge in [-0.25, -0.2) is 4.79 Å². The van der Waals surface area contributed by atoms with Crippen molar-refractivity contribution in [2.24, 2.45) is 0 Å². The lowest BCUT2D eigenvalue weighted by Gasteiger charge is -2.04. The van der Waals surface area contributed by atoms with Crippen molar-refractivity contribution >= 4 is 5.97 Å². The van der Waals surface area contributed by atoms with Gasteiger partial charge in [0.1, 0.15) is 5.57 Å². The van der Waals surface area contributed by atoms with E-state index in [9.17, 15) is 4.79 Å². The Morgan fingerprint density at radius 2 is 1.83 bits per heavy atom. The quantitative estimate of drug-likeness (QED) is 0.391. The van der Waals surface area contributed by atoms with E-state index in [0.29, 0.717) is 0 Å². The summed E-state index contributed by atoms with van der Waals surface area (Å²) >= 11 is 0. The Kier molecular flexibility index (Phi) is 4.92. The molecule has 0 heterocycles. The molecule has 0 rings (SSSR count). The molecule has 0 atom stereocenters. The molecule has 0 saturated heterocycles. The lowest BCUT2D eigenvalue weighted by atomic mass is 10.3. The molecule has 0 unspecified atom stereocenters. The zero-order valence-corrected chi connectivity index (χ0v) is 7.16. The number of hydrogen-bond donors (Lipinski definition) is 1. The summed E-state index contributed by atoms with van der Waals surface area (Å²) in [5, 5.41) is 8.95. The third kappa shape index (κ3) is 3.27. The van der Waals surface area contributed by atoms with Crippen LogP contribution in [0.25, 0.3) is 0 Å². The number of aliphatic hydroxyl groups is 1. The summed E-state index contributed by atoms with van der Waals surface area (Å²) in [4.78, 5) is 10.8. The number of carbonyl (C=O) groups is 1. The number of rotatable bonds is 4. The molecule has 0 saturated carbocycles. The second-order valence-corrected chi connectivity index (χ2v) is 1.87. The first-order valence-corrected chi connectivity index (χ1v) is 3.62. The van der Waals surface area contributed by atoms with Crippen molar-refractivity contribution in [2.75, 3.05) is 13.2 Å². The molecule has 0 aliphatic heterocycles. The average Bonchev–Trinajstić information content (AvgIpc) is 2.04. The van der Waals surface area contributed by atoms with Gasteiger partial charge in [0.25, 0.3) is 5.95 Å². The van der Waals surface area contributed by atoms with Gasteiger partial charge in [-0.15, -0.1) is 0 Å². The molecule has 4 nitrogen and oxygen atoms in total. The second kappa shape index (κ2) is 5.46. The molecular formula is C8H12O4. The summed E-state index contributed by atoms with van der Waals surface area (Å²) in [6, 6.07) is 0. The Hall–Kier alpha value is -1.19. The molecule has 0 amide bonds. The van der Waals surface area contributed by atoms with Crippen LogP contribution in [0.5, 0.6) is 0 Å². The average molecular weight is 172 g/mol. The van der Waals surface area contributed by atoms with Gasteiger partial charge in [0.15, 0.2) is 0 Å². The van der Waals surface area contributed by atoms with E-state index in [1.807, 2.05) is 0 Å². The minimum Gasteiger partial charge on any atom is -0.481 e. The van der Waals surface area contributed by atoms with E-state index >= 15 is 0 Å². The predicted octanol–water partition coefficient (Wildman–Crippen LogP) is 1.07. The van der Waals surface area contributed by atoms with Crippen molar-refractivity contribution in [1.29, 1.82) is 0 Å². The van der Waals surface area contributed by atoms with Gasteiger partial charge >= 0.3 is 5.97 Å². The van der Waals surface area contributed by atoms with Gasteiger partial charge in [0, 0.05) is 6.92 Å². The SMILES string of the molecule is [CH]C(C(=O)OCC)=C(O)OCC. The Balaban J connectivity index is 4.22. The molecule has 0 aliphatic rings. The highest BCUT2D eigenvalue weighted by atomic mass is 16.6. The first-order chi connectivity index (χ1) is 5.63. The minimum atomic E-state index is -0.775. The molecule has 12 heavy (non-hydrogen) atoms. The highest BCUT2D eigenvalue weighted by molar-refractivity contribution is 5.89. The standard InChI is InChI=1S/C8H12O4/c1-4-11-7(9)6(3)8(10)12-5-2/h3,9H,4-5H2,1-2H3. The fourth-order valence-corrected chi connectivity index (χ4v) is 0.511. The van der Waals surface area contributed by atoms with Gasteiger partial charge in [-0.3, -0.25) is 0 Å². The van der Waals surface area contributed by atoms with Crippen molar-refractivity contribution in [1.82, 2.24) is 0 Å². The van der Waals surface area contributed by atoms with Crippen LogP contribution in [0.3, 0.4) is 0 Å². The summed E-state index contributed by atoms with van der Waals surface area (Å²) in [5.74, 6) is -1.36. The second-order valence-electron chi connectivity index (χ2n) is 1.87. The van der Waals surface area contributed by atoms with Crippen LogP contribution in [0.15, 0.2) is 11.5 Å². The van der Waals surface area contributed by atoms with Gasteiger partial charge in [-0.05, 0) is 13.8 Å². The Morgan fingerprint density at radius 3 is 2.25 bits per heavy atom. The van der Waals surface area contributed by atoms with Gasteiger partial charge in [0.2, 0.25) is 0 Å². The van der Waals surface area contributed by atoms with Crippen LogP contribution in [0.2, 0.25) is 0 Å². The van der Waals surface area contributed by atoms with E-state index in [2.05, 4.69) is 9.47 Å². The van der Waals surface area contributed by atoms with Crippen LogP contribution in [-0.2, 0) is 14.3 Å². The number of aliphatic hydroxyl groups excluding tert-OH is 1. The summed E-state index contributed by atoms with van der Waals surface area (Å²) in [5.41, 5.74) is -0.404. The fraction of sp³-hybridized carbons (Fsp3) is 0.500. The first-order valence-electron chi connectivity index (χ1n) is 3.62. The van der Waals surface area contributed by atoms with Crippen molar-refractivity contribution in [3.63, 3.8) is 0 Å².